The average Bonchev–Trinajstić information content (AvgIpc) is 2.40. The average molecular weight is 402 g/mol. The number of benzene rings is 2. The highest BCUT2D eigenvalue weighted by molar-refractivity contribution is 9.10. The zero-order chi connectivity index (χ0) is 14.7. The van der Waals surface area contributed by atoms with Gasteiger partial charge in [-0.1, -0.05) is 22.0 Å². The minimum Gasteiger partial charge on any atom is -0.379 e. The third-order valence-corrected chi connectivity index (χ3v) is 4.04. The van der Waals surface area contributed by atoms with Gasteiger partial charge in [0.1, 0.15) is 5.82 Å². The van der Waals surface area contributed by atoms with Crippen LogP contribution in [0.4, 0.5) is 15.8 Å². The van der Waals surface area contributed by atoms with Crippen molar-refractivity contribution in [2.24, 2.45) is 0 Å². The zero-order valence-corrected chi connectivity index (χ0v) is 14.4. The highest BCUT2D eigenvalue weighted by atomic mass is 79.9. The van der Waals surface area contributed by atoms with Gasteiger partial charge in [-0.05, 0) is 51.8 Å². The van der Waals surface area contributed by atoms with E-state index in [1.165, 1.54) is 6.07 Å². The van der Waals surface area contributed by atoms with E-state index in [0.717, 1.165) is 21.4 Å². The molecule has 0 saturated carbocycles. The van der Waals surface area contributed by atoms with Crippen LogP contribution in [0.15, 0.2) is 45.3 Å². The monoisotopic (exact) mass is 400 g/mol. The van der Waals surface area contributed by atoms with Crippen molar-refractivity contribution in [2.45, 2.75) is 6.54 Å². The van der Waals surface area contributed by atoms with Gasteiger partial charge in [0.05, 0.1) is 15.8 Å². The van der Waals surface area contributed by atoms with E-state index in [9.17, 15) is 4.39 Å². The molecule has 2 aromatic carbocycles. The van der Waals surface area contributed by atoms with E-state index in [1.807, 2.05) is 43.3 Å². The van der Waals surface area contributed by atoms with Gasteiger partial charge >= 0.3 is 0 Å². The van der Waals surface area contributed by atoms with E-state index in [0.29, 0.717) is 11.0 Å². The third-order valence-electron chi connectivity index (χ3n) is 2.91. The summed E-state index contributed by atoms with van der Waals surface area (Å²) in [4.78, 5) is 2.04. The molecule has 0 unspecified atom stereocenters. The summed E-state index contributed by atoms with van der Waals surface area (Å²) in [6.07, 6.45) is 0. The number of nitrogens with zero attached hydrogens (tertiary/aromatic N) is 1. The molecule has 2 aromatic rings. The number of halogens is 3. The molecule has 0 radical (unpaired) electrons. The van der Waals surface area contributed by atoms with Gasteiger partial charge in [0.2, 0.25) is 0 Å². The van der Waals surface area contributed by atoms with E-state index in [-0.39, 0.29) is 5.82 Å². The van der Waals surface area contributed by atoms with Gasteiger partial charge in [-0.2, -0.15) is 0 Å². The highest BCUT2D eigenvalue weighted by Crippen LogP contribution is 2.28. The molecule has 0 aliphatic carbocycles. The van der Waals surface area contributed by atoms with Crippen LogP contribution in [0.2, 0.25) is 0 Å². The summed E-state index contributed by atoms with van der Waals surface area (Å²) in [5.41, 5.74) is 2.99. The lowest BCUT2D eigenvalue weighted by atomic mass is 10.2. The Morgan fingerprint density at radius 3 is 2.50 bits per heavy atom. The molecule has 2 nitrogen and oxygen atoms in total. The maximum atomic E-state index is 13.5. The largest absolute Gasteiger partial charge is 0.379 e. The first-order chi connectivity index (χ1) is 9.47. The molecule has 2 rings (SSSR count). The first kappa shape index (κ1) is 15.3. The summed E-state index contributed by atoms with van der Waals surface area (Å²) in [5, 5.41) is 3.34. The second kappa shape index (κ2) is 6.59. The second-order valence-corrected chi connectivity index (χ2v) is 6.43. The van der Waals surface area contributed by atoms with Gasteiger partial charge in [-0.15, -0.1) is 0 Å². The number of nitrogens with one attached hydrogen (secondary N) is 1. The fourth-order valence-corrected chi connectivity index (χ4v) is 2.49. The van der Waals surface area contributed by atoms with Crippen LogP contribution in [0.5, 0.6) is 0 Å². The van der Waals surface area contributed by atoms with Gasteiger partial charge in [0.25, 0.3) is 0 Å². The molecule has 0 fully saturated rings. The number of hydrogen-bond donors (Lipinski definition) is 1. The molecule has 1 N–H and O–H groups in total. The van der Waals surface area contributed by atoms with Crippen LogP contribution in [-0.2, 0) is 6.54 Å². The van der Waals surface area contributed by atoms with Gasteiger partial charge < -0.3 is 10.2 Å². The fraction of sp³-hybridized carbons (Fsp3) is 0.200. The predicted octanol–water partition coefficient (Wildman–Crippen LogP) is 5.03. The molecule has 0 aromatic heterocycles. The van der Waals surface area contributed by atoms with Crippen LogP contribution < -0.4 is 10.2 Å². The maximum Gasteiger partial charge on any atom is 0.137 e. The quantitative estimate of drug-likeness (QED) is 0.772. The number of rotatable bonds is 4. The highest BCUT2D eigenvalue weighted by Gasteiger charge is 2.06. The Labute approximate surface area is 135 Å². The first-order valence-electron chi connectivity index (χ1n) is 6.12. The van der Waals surface area contributed by atoms with Crippen molar-refractivity contribution in [1.29, 1.82) is 0 Å². The van der Waals surface area contributed by atoms with Crippen LogP contribution in [0.3, 0.4) is 0 Å². The molecular formula is C15H15Br2FN2. The zero-order valence-electron chi connectivity index (χ0n) is 11.3. The Hall–Kier alpha value is -1.07. The number of anilines is 2. The first-order valence-corrected chi connectivity index (χ1v) is 7.70. The van der Waals surface area contributed by atoms with Crippen LogP contribution in [0, 0.1) is 5.82 Å². The Morgan fingerprint density at radius 1 is 1.10 bits per heavy atom. The number of hydrogen-bond acceptors (Lipinski definition) is 2. The molecule has 0 saturated heterocycles. The lowest BCUT2D eigenvalue weighted by molar-refractivity contribution is 0.619. The summed E-state index contributed by atoms with van der Waals surface area (Å²) in [7, 11) is 3.99. The molecule has 0 amide bonds. The minimum atomic E-state index is -0.244. The van der Waals surface area contributed by atoms with E-state index >= 15 is 0 Å². The SMILES string of the molecule is CN(C)c1ccc(Br)cc1NCc1ccc(Br)c(F)c1. The standard InChI is InChI=1S/C15H15Br2FN2/c1-20(2)15-6-4-11(16)8-14(15)19-9-10-3-5-12(17)13(18)7-10/h3-8,19H,9H2,1-2H3. The topological polar surface area (TPSA) is 15.3 Å². The maximum absolute atomic E-state index is 13.5. The minimum absolute atomic E-state index is 0.244. The van der Waals surface area contributed by atoms with Crippen LogP contribution >= 0.6 is 31.9 Å². The normalized spacial score (nSPS) is 10.4. The Bertz CT molecular complexity index is 615. The Balaban J connectivity index is 2.17. The van der Waals surface area contributed by atoms with Crippen molar-refractivity contribution >= 4 is 43.2 Å². The molecule has 20 heavy (non-hydrogen) atoms. The van der Waals surface area contributed by atoms with Gasteiger partial charge in [0, 0.05) is 25.1 Å². The summed E-state index contributed by atoms with van der Waals surface area (Å²) < 4.78 is 15.0. The molecule has 0 bridgehead atoms. The van der Waals surface area contributed by atoms with E-state index in [1.54, 1.807) is 6.07 Å². The second-order valence-electron chi connectivity index (χ2n) is 4.66. The molecule has 0 aliphatic rings. The summed E-state index contributed by atoms with van der Waals surface area (Å²) in [5.74, 6) is -0.244. The summed E-state index contributed by atoms with van der Waals surface area (Å²) in [6.45, 7) is 0.571. The van der Waals surface area contributed by atoms with Crippen molar-refractivity contribution in [2.75, 3.05) is 24.3 Å². The third kappa shape index (κ3) is 3.73. The summed E-state index contributed by atoms with van der Waals surface area (Å²) in [6, 6.07) is 11.2. The Kier molecular flexibility index (Phi) is 5.05. The van der Waals surface area contributed by atoms with Gasteiger partial charge in [-0.3, -0.25) is 0 Å². The molecule has 5 heteroatoms. The van der Waals surface area contributed by atoms with Gasteiger partial charge in [-0.25, -0.2) is 4.39 Å². The lowest BCUT2D eigenvalue weighted by Crippen LogP contribution is -2.12. The van der Waals surface area contributed by atoms with E-state index in [4.69, 9.17) is 0 Å². The van der Waals surface area contributed by atoms with E-state index < -0.39 is 0 Å². The van der Waals surface area contributed by atoms with Crippen LogP contribution in [-0.4, -0.2) is 14.1 Å². The van der Waals surface area contributed by atoms with E-state index in [2.05, 4.69) is 37.2 Å². The molecular weight excluding hydrogens is 387 g/mol. The van der Waals surface area contributed by atoms with Crippen molar-refractivity contribution in [3.63, 3.8) is 0 Å². The van der Waals surface area contributed by atoms with Crippen LogP contribution in [0.1, 0.15) is 5.56 Å². The Morgan fingerprint density at radius 2 is 1.85 bits per heavy atom. The molecule has 0 atom stereocenters. The summed E-state index contributed by atoms with van der Waals surface area (Å²) >= 11 is 6.63. The van der Waals surface area contributed by atoms with Crippen molar-refractivity contribution in [3.05, 3.63) is 56.7 Å². The molecule has 106 valence electrons. The molecule has 0 heterocycles. The van der Waals surface area contributed by atoms with Gasteiger partial charge in [0.15, 0.2) is 0 Å². The molecule has 0 spiro atoms. The fourth-order valence-electron chi connectivity index (χ4n) is 1.89. The van der Waals surface area contributed by atoms with Crippen LogP contribution in [0.25, 0.3) is 0 Å². The smallest absolute Gasteiger partial charge is 0.137 e. The predicted molar refractivity (Wildman–Crippen MR) is 89.9 cm³/mol. The molecule has 0 aliphatic heterocycles. The van der Waals surface area contributed by atoms with Crippen molar-refractivity contribution in [1.82, 2.24) is 0 Å². The lowest BCUT2D eigenvalue weighted by Gasteiger charge is -2.19. The van der Waals surface area contributed by atoms with Crippen molar-refractivity contribution < 1.29 is 4.39 Å². The van der Waals surface area contributed by atoms with Crippen molar-refractivity contribution in [3.8, 4) is 0 Å².